The molecule has 0 heterocycles. The number of esters is 1. The average Bonchev–Trinajstić information content (AvgIpc) is 2.67. The molecule has 2 aromatic carbocycles. The number of amides is 1. The molecule has 2 rings (SSSR count). The van der Waals surface area contributed by atoms with Gasteiger partial charge in [-0.3, -0.25) is 9.59 Å². The Bertz CT molecular complexity index is 822. The van der Waals surface area contributed by atoms with Crippen molar-refractivity contribution in [3.63, 3.8) is 0 Å². The molecule has 6 nitrogen and oxygen atoms in total. The highest BCUT2D eigenvalue weighted by Crippen LogP contribution is 2.28. The quantitative estimate of drug-likeness (QED) is 0.693. The van der Waals surface area contributed by atoms with E-state index >= 15 is 0 Å². The summed E-state index contributed by atoms with van der Waals surface area (Å²) in [6, 6.07) is 10.6. The molecule has 0 saturated carbocycles. The van der Waals surface area contributed by atoms with Crippen LogP contribution < -0.4 is 14.8 Å². The van der Waals surface area contributed by atoms with Crippen LogP contribution in [0.3, 0.4) is 0 Å². The molecule has 0 unspecified atom stereocenters. The van der Waals surface area contributed by atoms with Crippen molar-refractivity contribution < 1.29 is 23.8 Å². The number of rotatable bonds is 8. The lowest BCUT2D eigenvalue weighted by atomic mass is 10.1. The average molecular weight is 392 g/mol. The lowest BCUT2D eigenvalue weighted by molar-refractivity contribution is -0.147. The molecule has 0 saturated heterocycles. The lowest BCUT2D eigenvalue weighted by Gasteiger charge is -2.10. The number of benzene rings is 2. The maximum Gasteiger partial charge on any atom is 0.306 e. The molecule has 0 aliphatic carbocycles. The van der Waals surface area contributed by atoms with Crippen LogP contribution in [0.25, 0.3) is 0 Å². The van der Waals surface area contributed by atoms with Crippen molar-refractivity contribution in [3.8, 4) is 11.5 Å². The van der Waals surface area contributed by atoms with Gasteiger partial charge in [-0.05, 0) is 48.7 Å². The topological polar surface area (TPSA) is 73.9 Å². The zero-order chi connectivity index (χ0) is 19.8. The predicted octanol–water partition coefficient (Wildman–Crippen LogP) is 3.78. The third-order valence-corrected chi connectivity index (χ3v) is 4.29. The van der Waals surface area contributed by atoms with Gasteiger partial charge in [0.25, 0.3) is 5.91 Å². The summed E-state index contributed by atoms with van der Waals surface area (Å²) in [7, 11) is 3.11. The molecule has 0 fully saturated rings. The molecule has 144 valence electrons. The zero-order valence-corrected chi connectivity index (χ0v) is 16.3. The van der Waals surface area contributed by atoms with Gasteiger partial charge in [0.1, 0.15) is 0 Å². The van der Waals surface area contributed by atoms with E-state index in [0.29, 0.717) is 28.6 Å². The van der Waals surface area contributed by atoms with Crippen molar-refractivity contribution in [2.45, 2.75) is 19.8 Å². The van der Waals surface area contributed by atoms with Gasteiger partial charge < -0.3 is 19.5 Å². The van der Waals surface area contributed by atoms with Gasteiger partial charge in [0.2, 0.25) is 0 Å². The monoisotopic (exact) mass is 391 g/mol. The summed E-state index contributed by atoms with van der Waals surface area (Å²) in [5.74, 6) is 0.340. The van der Waals surface area contributed by atoms with Crippen LogP contribution in [0.5, 0.6) is 11.5 Å². The maximum atomic E-state index is 11.9. The predicted molar refractivity (Wildman–Crippen MR) is 104 cm³/mol. The van der Waals surface area contributed by atoms with E-state index in [1.54, 1.807) is 44.6 Å². The first-order valence-electron chi connectivity index (χ1n) is 8.35. The van der Waals surface area contributed by atoms with Crippen LogP contribution >= 0.6 is 11.6 Å². The minimum absolute atomic E-state index is 0.152. The number of carbonyl (C=O) groups is 2. The molecule has 1 N–H and O–H groups in total. The van der Waals surface area contributed by atoms with Crippen molar-refractivity contribution in [3.05, 3.63) is 52.5 Å². The molecule has 0 bridgehead atoms. The van der Waals surface area contributed by atoms with E-state index in [-0.39, 0.29) is 13.0 Å². The molecule has 0 radical (unpaired) electrons. The SMILES string of the molecule is COc1ccc(CCC(=O)OCC(=O)Nc2ccc(C)c(Cl)c2)cc1OC. The smallest absolute Gasteiger partial charge is 0.306 e. The van der Waals surface area contributed by atoms with Crippen molar-refractivity contribution in [2.24, 2.45) is 0 Å². The molecule has 0 atom stereocenters. The van der Waals surface area contributed by atoms with Crippen molar-refractivity contribution in [2.75, 3.05) is 26.1 Å². The molecule has 7 heteroatoms. The number of aryl methyl sites for hydroxylation is 2. The van der Waals surface area contributed by atoms with E-state index < -0.39 is 11.9 Å². The summed E-state index contributed by atoms with van der Waals surface area (Å²) < 4.78 is 15.4. The lowest BCUT2D eigenvalue weighted by Crippen LogP contribution is -2.21. The van der Waals surface area contributed by atoms with E-state index in [1.165, 1.54) is 0 Å². The van der Waals surface area contributed by atoms with Crippen LogP contribution in [0.2, 0.25) is 5.02 Å². The van der Waals surface area contributed by atoms with Gasteiger partial charge in [0.15, 0.2) is 18.1 Å². The normalized spacial score (nSPS) is 10.2. The fourth-order valence-corrected chi connectivity index (χ4v) is 2.55. The first-order chi connectivity index (χ1) is 12.9. The van der Waals surface area contributed by atoms with Crippen LogP contribution in [0, 0.1) is 6.92 Å². The van der Waals surface area contributed by atoms with Crippen molar-refractivity contribution in [1.82, 2.24) is 0 Å². The Morgan fingerprint density at radius 3 is 2.44 bits per heavy atom. The minimum atomic E-state index is -0.457. The molecule has 0 spiro atoms. The third-order valence-electron chi connectivity index (χ3n) is 3.89. The number of anilines is 1. The Kier molecular flexibility index (Phi) is 7.49. The first-order valence-corrected chi connectivity index (χ1v) is 8.73. The molecule has 1 amide bonds. The second-order valence-electron chi connectivity index (χ2n) is 5.86. The largest absolute Gasteiger partial charge is 0.493 e. The molecule has 27 heavy (non-hydrogen) atoms. The Morgan fingerprint density at radius 1 is 1.04 bits per heavy atom. The van der Waals surface area contributed by atoms with Crippen LogP contribution in [0.1, 0.15) is 17.5 Å². The van der Waals surface area contributed by atoms with Crippen LogP contribution in [-0.2, 0) is 20.7 Å². The Hall–Kier alpha value is -2.73. The van der Waals surface area contributed by atoms with E-state index in [1.807, 2.05) is 13.0 Å². The van der Waals surface area contributed by atoms with Gasteiger partial charge >= 0.3 is 5.97 Å². The highest BCUT2D eigenvalue weighted by Gasteiger charge is 2.10. The van der Waals surface area contributed by atoms with Gasteiger partial charge in [-0.1, -0.05) is 23.7 Å². The molecule has 0 aliphatic heterocycles. The van der Waals surface area contributed by atoms with Crippen LogP contribution in [-0.4, -0.2) is 32.7 Å². The Labute approximate surface area is 163 Å². The highest BCUT2D eigenvalue weighted by atomic mass is 35.5. The van der Waals surface area contributed by atoms with Gasteiger partial charge in [0, 0.05) is 17.1 Å². The molecule has 0 aliphatic rings. The van der Waals surface area contributed by atoms with Gasteiger partial charge in [-0.2, -0.15) is 0 Å². The Morgan fingerprint density at radius 2 is 1.78 bits per heavy atom. The number of ether oxygens (including phenoxy) is 3. The fraction of sp³-hybridized carbons (Fsp3) is 0.300. The van der Waals surface area contributed by atoms with Crippen LogP contribution in [0.4, 0.5) is 5.69 Å². The molecular weight excluding hydrogens is 370 g/mol. The van der Waals surface area contributed by atoms with Gasteiger partial charge in [0.05, 0.1) is 14.2 Å². The standard InChI is InChI=1S/C20H22ClNO5/c1-13-4-7-15(11-16(13)21)22-19(23)12-27-20(24)9-6-14-5-8-17(25-2)18(10-14)26-3/h4-5,7-8,10-11H,6,9,12H2,1-3H3,(H,22,23). The van der Waals surface area contributed by atoms with Crippen molar-refractivity contribution in [1.29, 1.82) is 0 Å². The number of halogens is 1. The first kappa shape index (κ1) is 20.6. The van der Waals surface area contributed by atoms with Gasteiger partial charge in [-0.25, -0.2) is 0 Å². The van der Waals surface area contributed by atoms with E-state index in [9.17, 15) is 9.59 Å². The van der Waals surface area contributed by atoms with E-state index in [4.69, 9.17) is 25.8 Å². The second-order valence-corrected chi connectivity index (χ2v) is 6.27. The number of nitrogens with one attached hydrogen (secondary N) is 1. The Balaban J connectivity index is 1.78. The minimum Gasteiger partial charge on any atom is -0.493 e. The summed E-state index contributed by atoms with van der Waals surface area (Å²) in [6.45, 7) is 1.52. The summed E-state index contributed by atoms with van der Waals surface area (Å²) in [4.78, 5) is 23.7. The van der Waals surface area contributed by atoms with Crippen LogP contribution in [0.15, 0.2) is 36.4 Å². The van der Waals surface area contributed by atoms with E-state index in [0.717, 1.165) is 11.1 Å². The van der Waals surface area contributed by atoms with Gasteiger partial charge in [-0.15, -0.1) is 0 Å². The number of hydrogen-bond acceptors (Lipinski definition) is 5. The summed E-state index contributed by atoms with van der Waals surface area (Å²) in [5, 5.41) is 3.19. The number of carbonyl (C=O) groups excluding carboxylic acids is 2. The fourth-order valence-electron chi connectivity index (χ4n) is 2.37. The summed E-state index contributed by atoms with van der Waals surface area (Å²) in [6.07, 6.45) is 0.619. The maximum absolute atomic E-state index is 11.9. The summed E-state index contributed by atoms with van der Waals surface area (Å²) >= 11 is 6.01. The van der Waals surface area contributed by atoms with Crippen molar-refractivity contribution >= 4 is 29.2 Å². The summed E-state index contributed by atoms with van der Waals surface area (Å²) in [5.41, 5.74) is 2.37. The third kappa shape index (κ3) is 6.18. The number of methoxy groups -OCH3 is 2. The number of hydrogen-bond donors (Lipinski definition) is 1. The van der Waals surface area contributed by atoms with E-state index in [2.05, 4.69) is 5.32 Å². The molecule has 0 aromatic heterocycles. The highest BCUT2D eigenvalue weighted by molar-refractivity contribution is 6.31. The second kappa shape index (κ2) is 9.83. The molecular formula is C20H22ClNO5. The zero-order valence-electron chi connectivity index (χ0n) is 15.5. The molecule has 2 aromatic rings.